The first-order valence-electron chi connectivity index (χ1n) is 2.88. The first kappa shape index (κ1) is 10.6. The molecule has 0 saturated carbocycles. The van der Waals surface area contributed by atoms with Crippen LogP contribution in [0.4, 0.5) is 0 Å². The number of carbonyl (C=O) groups excluding carboxylic acids is 1. The van der Waals surface area contributed by atoms with Gasteiger partial charge in [-0.3, -0.25) is 4.79 Å². The van der Waals surface area contributed by atoms with E-state index in [1.54, 1.807) is 24.4 Å². The normalized spacial score (nSPS) is 8.09. The van der Waals surface area contributed by atoms with Crippen LogP contribution in [0.1, 0.15) is 6.92 Å². The van der Waals surface area contributed by atoms with Crippen molar-refractivity contribution in [2.75, 3.05) is 0 Å². The molecule has 0 N–H and O–H groups in total. The summed E-state index contributed by atoms with van der Waals surface area (Å²) in [5.41, 5.74) is 0. The molecule has 1 heterocycles. The maximum absolute atomic E-state index is 10.4. The Hall–Kier alpha value is -0.445. The fraction of sp³-hybridized carbons (Fsp3) is 0.143. The second kappa shape index (κ2) is 5.24. The van der Waals surface area contributed by atoms with Crippen LogP contribution in [0.15, 0.2) is 24.4 Å². The van der Waals surface area contributed by atoms with Gasteiger partial charge in [0.2, 0.25) is 5.88 Å². The monoisotopic (exact) mass is 339 g/mol. The van der Waals surface area contributed by atoms with Crippen molar-refractivity contribution in [3.63, 3.8) is 0 Å². The van der Waals surface area contributed by atoms with Crippen LogP contribution in [0.2, 0.25) is 0 Å². The van der Waals surface area contributed by atoms with Crippen LogP contribution in [-0.2, 0) is 32.5 Å². The minimum absolute atomic E-state index is 0. The molecule has 0 radical (unpaired) electrons. The molecular weight excluding hydrogens is 331 g/mol. The molecule has 0 aromatic carbocycles. The van der Waals surface area contributed by atoms with Gasteiger partial charge in [-0.05, 0) is 6.07 Å². The Labute approximate surface area is 85.3 Å². The number of carbonyl (C=O) groups is 1. The molecule has 0 saturated heterocycles. The molecule has 0 unspecified atom stereocenters. The summed E-state index contributed by atoms with van der Waals surface area (Å²) in [6, 6.07) is 5.14. The third-order valence-corrected chi connectivity index (χ3v) is 0.886. The molecule has 11 heavy (non-hydrogen) atoms. The van der Waals surface area contributed by atoms with Gasteiger partial charge in [-0.2, -0.15) is 0 Å². The summed E-state index contributed by atoms with van der Waals surface area (Å²) in [6.45, 7) is 1.34. The summed E-state index contributed by atoms with van der Waals surface area (Å²) in [4.78, 5) is 14.1. The Balaban J connectivity index is 0.000001000. The van der Waals surface area contributed by atoms with Gasteiger partial charge in [0.05, 0.1) is 0 Å². The van der Waals surface area contributed by atoms with E-state index in [0.29, 0.717) is 5.88 Å². The van der Waals surface area contributed by atoms with Gasteiger partial charge in [-0.15, -0.1) is 0 Å². The van der Waals surface area contributed by atoms with Crippen molar-refractivity contribution in [2.45, 2.75) is 6.92 Å². The van der Waals surface area contributed by atoms with E-state index < -0.39 is 0 Å². The van der Waals surface area contributed by atoms with E-state index in [9.17, 15) is 4.79 Å². The molecule has 1 rings (SSSR count). The minimum atomic E-state index is -0.348. The van der Waals surface area contributed by atoms with Gasteiger partial charge in [0.25, 0.3) is 0 Å². The molecule has 1 aromatic heterocycles. The summed E-state index contributed by atoms with van der Waals surface area (Å²) >= 11 is 0. The van der Waals surface area contributed by atoms with Crippen molar-refractivity contribution in [3.8, 4) is 5.88 Å². The standard InChI is InChI=1S/C7H7NO2.Hg/c1-6(9)10-7-4-2-3-5-8-7;/h2-5H,1H3;. The Kier molecular flexibility index (Phi) is 5.03. The Bertz CT molecular complexity index is 225. The van der Waals surface area contributed by atoms with Crippen molar-refractivity contribution < 1.29 is 37.2 Å². The van der Waals surface area contributed by atoms with Crippen LogP contribution in [0.3, 0.4) is 0 Å². The van der Waals surface area contributed by atoms with Crippen LogP contribution >= 0.6 is 0 Å². The van der Waals surface area contributed by atoms with Gasteiger partial charge in [-0.25, -0.2) is 4.98 Å². The smallest absolute Gasteiger partial charge is 0.309 e. The van der Waals surface area contributed by atoms with Crippen LogP contribution in [0.25, 0.3) is 0 Å². The van der Waals surface area contributed by atoms with Crippen molar-refractivity contribution in [3.05, 3.63) is 24.4 Å². The molecule has 0 amide bonds. The average molecular weight is 338 g/mol. The van der Waals surface area contributed by atoms with Crippen molar-refractivity contribution >= 4 is 5.97 Å². The maximum Gasteiger partial charge on any atom is 0.309 e. The number of hydrogen-bond acceptors (Lipinski definition) is 3. The molecule has 0 atom stereocenters. The zero-order chi connectivity index (χ0) is 7.40. The maximum atomic E-state index is 10.4. The quantitative estimate of drug-likeness (QED) is 0.567. The van der Waals surface area contributed by atoms with E-state index in [4.69, 9.17) is 0 Å². The van der Waals surface area contributed by atoms with Crippen molar-refractivity contribution in [1.82, 2.24) is 4.98 Å². The zero-order valence-corrected chi connectivity index (χ0v) is 11.8. The Morgan fingerprint density at radius 3 is 2.73 bits per heavy atom. The minimum Gasteiger partial charge on any atom is -0.408 e. The SMILES string of the molecule is CC(=O)Oc1ccccn1.[Hg]. The van der Waals surface area contributed by atoms with E-state index >= 15 is 0 Å². The molecule has 0 aliphatic rings. The molecular formula is C7H7HgNO2. The number of esters is 1. The van der Waals surface area contributed by atoms with Gasteiger partial charge in [0.1, 0.15) is 0 Å². The van der Waals surface area contributed by atoms with Gasteiger partial charge < -0.3 is 4.74 Å². The Morgan fingerprint density at radius 2 is 2.27 bits per heavy atom. The van der Waals surface area contributed by atoms with Gasteiger partial charge >= 0.3 is 5.97 Å². The third kappa shape index (κ3) is 4.08. The van der Waals surface area contributed by atoms with E-state index in [1.807, 2.05) is 0 Å². The molecule has 0 aliphatic heterocycles. The van der Waals surface area contributed by atoms with Crippen LogP contribution in [0.5, 0.6) is 5.88 Å². The average Bonchev–Trinajstić information content (AvgIpc) is 1.88. The van der Waals surface area contributed by atoms with Crippen molar-refractivity contribution in [1.29, 1.82) is 0 Å². The molecule has 3 nitrogen and oxygen atoms in total. The first-order valence-corrected chi connectivity index (χ1v) is 2.88. The summed E-state index contributed by atoms with van der Waals surface area (Å²) in [6.07, 6.45) is 1.57. The predicted octanol–water partition coefficient (Wildman–Crippen LogP) is 1.00. The number of rotatable bonds is 1. The number of nitrogens with zero attached hydrogens (tertiary/aromatic N) is 1. The number of ether oxygens (including phenoxy) is 1. The second-order valence-electron chi connectivity index (χ2n) is 1.76. The van der Waals surface area contributed by atoms with E-state index in [-0.39, 0.29) is 33.6 Å². The van der Waals surface area contributed by atoms with Crippen LogP contribution in [0, 0.1) is 0 Å². The van der Waals surface area contributed by atoms with Crippen molar-refractivity contribution in [2.24, 2.45) is 0 Å². The fourth-order valence-electron chi connectivity index (χ4n) is 0.555. The Morgan fingerprint density at radius 1 is 1.55 bits per heavy atom. The summed E-state index contributed by atoms with van der Waals surface area (Å²) in [5, 5.41) is 0. The first-order chi connectivity index (χ1) is 4.79. The molecule has 0 spiro atoms. The zero-order valence-electron chi connectivity index (χ0n) is 6.28. The number of pyridine rings is 1. The molecule has 1 aromatic rings. The molecule has 0 bridgehead atoms. The summed E-state index contributed by atoms with van der Waals surface area (Å²) < 4.78 is 4.66. The summed E-state index contributed by atoms with van der Waals surface area (Å²) in [5.74, 6) is -0.00583. The van der Waals surface area contributed by atoms with E-state index in [1.165, 1.54) is 6.92 Å². The third-order valence-electron chi connectivity index (χ3n) is 0.886. The number of aromatic nitrogens is 1. The largest absolute Gasteiger partial charge is 0.408 e. The van der Waals surface area contributed by atoms with E-state index in [2.05, 4.69) is 9.72 Å². The number of hydrogen-bond donors (Lipinski definition) is 0. The second-order valence-corrected chi connectivity index (χ2v) is 1.76. The van der Waals surface area contributed by atoms with Gasteiger partial charge in [0.15, 0.2) is 0 Å². The van der Waals surface area contributed by atoms with E-state index in [0.717, 1.165) is 0 Å². The molecule has 54 valence electrons. The predicted molar refractivity (Wildman–Crippen MR) is 35.5 cm³/mol. The van der Waals surface area contributed by atoms with Gasteiger partial charge in [0, 0.05) is 46.9 Å². The molecule has 0 fully saturated rings. The van der Waals surface area contributed by atoms with Gasteiger partial charge in [-0.1, -0.05) is 6.07 Å². The fourth-order valence-corrected chi connectivity index (χ4v) is 0.555. The molecule has 4 heteroatoms. The molecule has 0 aliphatic carbocycles. The van der Waals surface area contributed by atoms with Crippen LogP contribution < -0.4 is 4.74 Å². The summed E-state index contributed by atoms with van der Waals surface area (Å²) in [7, 11) is 0. The van der Waals surface area contributed by atoms with Crippen LogP contribution in [-0.4, -0.2) is 11.0 Å². The topological polar surface area (TPSA) is 39.2 Å².